The van der Waals surface area contributed by atoms with Crippen LogP contribution in [0.4, 0.5) is 4.39 Å². The number of carboxylic acid groups (broad SMARTS) is 1. The third-order valence-corrected chi connectivity index (χ3v) is 3.23. The minimum atomic E-state index is -0.985. The van der Waals surface area contributed by atoms with Crippen molar-refractivity contribution in [2.24, 2.45) is 7.05 Å². The van der Waals surface area contributed by atoms with Crippen LogP contribution in [0.3, 0.4) is 0 Å². The number of aromatic carboxylic acids is 1. The molecular weight excluding hydrogens is 259 g/mol. The molecule has 0 unspecified atom stereocenters. The van der Waals surface area contributed by atoms with Crippen LogP contribution >= 0.6 is 0 Å². The van der Waals surface area contributed by atoms with E-state index in [0.29, 0.717) is 11.3 Å². The molecule has 3 rings (SSSR count). The van der Waals surface area contributed by atoms with Crippen LogP contribution in [0.15, 0.2) is 42.5 Å². The van der Waals surface area contributed by atoms with Crippen molar-refractivity contribution >= 4 is 17.0 Å². The van der Waals surface area contributed by atoms with Crippen LogP contribution < -0.4 is 0 Å². The van der Waals surface area contributed by atoms with E-state index in [1.165, 1.54) is 18.2 Å². The van der Waals surface area contributed by atoms with Crippen molar-refractivity contribution in [1.82, 2.24) is 9.55 Å². The van der Waals surface area contributed by atoms with E-state index < -0.39 is 5.97 Å². The summed E-state index contributed by atoms with van der Waals surface area (Å²) < 4.78 is 14.8. The summed E-state index contributed by atoms with van der Waals surface area (Å²) in [5.41, 5.74) is 2.41. The molecule has 0 saturated heterocycles. The van der Waals surface area contributed by atoms with Crippen molar-refractivity contribution < 1.29 is 14.3 Å². The number of hydrogen-bond donors (Lipinski definition) is 1. The second-order valence-electron chi connectivity index (χ2n) is 4.51. The van der Waals surface area contributed by atoms with Crippen LogP contribution in [0, 0.1) is 5.82 Å². The number of nitrogens with zero attached hydrogens (tertiary/aromatic N) is 2. The summed E-state index contributed by atoms with van der Waals surface area (Å²) >= 11 is 0. The van der Waals surface area contributed by atoms with Gasteiger partial charge in [-0.2, -0.15) is 0 Å². The van der Waals surface area contributed by atoms with Crippen LogP contribution in [0.25, 0.3) is 22.4 Å². The molecule has 0 amide bonds. The molecule has 20 heavy (non-hydrogen) atoms. The fraction of sp³-hybridized carbons (Fsp3) is 0.0667. The number of imidazole rings is 1. The first-order valence-corrected chi connectivity index (χ1v) is 6.02. The lowest BCUT2D eigenvalue weighted by molar-refractivity contribution is 0.0697. The minimum absolute atomic E-state index is 0.196. The van der Waals surface area contributed by atoms with Gasteiger partial charge in [0.1, 0.15) is 11.6 Å². The van der Waals surface area contributed by atoms with Crippen molar-refractivity contribution in [2.45, 2.75) is 0 Å². The molecule has 3 aromatic rings. The number of hydrogen-bond acceptors (Lipinski definition) is 2. The second kappa shape index (κ2) is 4.45. The highest BCUT2D eigenvalue weighted by molar-refractivity contribution is 5.93. The maximum Gasteiger partial charge on any atom is 0.335 e. The van der Waals surface area contributed by atoms with Gasteiger partial charge < -0.3 is 9.67 Å². The lowest BCUT2D eigenvalue weighted by atomic mass is 10.2. The highest BCUT2D eigenvalue weighted by Gasteiger charge is 2.12. The van der Waals surface area contributed by atoms with Crippen molar-refractivity contribution in [2.75, 3.05) is 0 Å². The van der Waals surface area contributed by atoms with Crippen molar-refractivity contribution in [1.29, 1.82) is 0 Å². The predicted octanol–water partition coefficient (Wildman–Crippen LogP) is 3.08. The van der Waals surface area contributed by atoms with E-state index in [4.69, 9.17) is 5.11 Å². The molecule has 5 heteroatoms. The monoisotopic (exact) mass is 270 g/mol. The molecule has 2 aromatic carbocycles. The quantitative estimate of drug-likeness (QED) is 0.778. The van der Waals surface area contributed by atoms with Gasteiger partial charge in [0.15, 0.2) is 0 Å². The number of halogens is 1. The Morgan fingerprint density at radius 3 is 2.55 bits per heavy atom. The van der Waals surface area contributed by atoms with Crippen LogP contribution in [-0.4, -0.2) is 20.6 Å². The zero-order chi connectivity index (χ0) is 14.3. The molecule has 0 spiro atoms. The van der Waals surface area contributed by atoms with Gasteiger partial charge in [0.25, 0.3) is 0 Å². The molecule has 0 aliphatic carbocycles. The van der Waals surface area contributed by atoms with E-state index in [1.54, 1.807) is 24.3 Å². The van der Waals surface area contributed by atoms with Gasteiger partial charge in [-0.1, -0.05) is 0 Å². The predicted molar refractivity (Wildman–Crippen MR) is 73.1 cm³/mol. The zero-order valence-electron chi connectivity index (χ0n) is 10.7. The minimum Gasteiger partial charge on any atom is -0.478 e. The Balaban J connectivity index is 2.19. The fourth-order valence-corrected chi connectivity index (χ4v) is 2.19. The standard InChI is InChI=1S/C15H11FN2O2/c1-18-13-7-4-10(15(19)20)8-12(13)17-14(18)9-2-5-11(16)6-3-9/h2-8H,1H3,(H,19,20). The number of aryl methyl sites for hydroxylation is 1. The molecule has 1 heterocycles. The summed E-state index contributed by atoms with van der Waals surface area (Å²) in [5, 5.41) is 8.99. The van der Waals surface area contributed by atoms with Crippen molar-refractivity contribution in [3.05, 3.63) is 53.8 Å². The Morgan fingerprint density at radius 2 is 1.90 bits per heavy atom. The fourth-order valence-electron chi connectivity index (χ4n) is 2.19. The molecule has 0 bridgehead atoms. The molecule has 0 aliphatic rings. The number of rotatable bonds is 2. The molecule has 0 radical (unpaired) electrons. The van der Waals surface area contributed by atoms with Gasteiger partial charge in [0.05, 0.1) is 16.6 Å². The molecule has 1 N–H and O–H groups in total. The highest BCUT2D eigenvalue weighted by Crippen LogP contribution is 2.24. The Bertz CT molecular complexity index is 807. The molecular formula is C15H11FN2O2. The smallest absolute Gasteiger partial charge is 0.335 e. The topological polar surface area (TPSA) is 55.1 Å². The average molecular weight is 270 g/mol. The van der Waals surface area contributed by atoms with E-state index in [2.05, 4.69) is 4.98 Å². The SMILES string of the molecule is Cn1c(-c2ccc(F)cc2)nc2cc(C(=O)O)ccc21. The zero-order valence-corrected chi connectivity index (χ0v) is 10.7. The Morgan fingerprint density at radius 1 is 1.20 bits per heavy atom. The van der Waals surface area contributed by atoms with E-state index in [9.17, 15) is 9.18 Å². The second-order valence-corrected chi connectivity index (χ2v) is 4.51. The summed E-state index contributed by atoms with van der Waals surface area (Å²) in [7, 11) is 1.84. The number of benzene rings is 2. The summed E-state index contributed by atoms with van der Waals surface area (Å²) in [4.78, 5) is 15.4. The number of fused-ring (bicyclic) bond motifs is 1. The van der Waals surface area contributed by atoms with Gasteiger partial charge in [0, 0.05) is 12.6 Å². The van der Waals surface area contributed by atoms with Crippen molar-refractivity contribution in [3.63, 3.8) is 0 Å². The van der Waals surface area contributed by atoms with Gasteiger partial charge in [0.2, 0.25) is 0 Å². The average Bonchev–Trinajstić information content (AvgIpc) is 2.76. The summed E-state index contributed by atoms with van der Waals surface area (Å²) in [5.74, 6) is -0.621. The lowest BCUT2D eigenvalue weighted by Crippen LogP contribution is -1.95. The number of carbonyl (C=O) groups is 1. The molecule has 1 aromatic heterocycles. The van der Waals surface area contributed by atoms with Gasteiger partial charge in [-0.3, -0.25) is 0 Å². The molecule has 0 aliphatic heterocycles. The summed E-state index contributed by atoms with van der Waals surface area (Å²) in [6.07, 6.45) is 0. The number of aromatic nitrogens is 2. The summed E-state index contributed by atoms with van der Waals surface area (Å²) in [6.45, 7) is 0. The van der Waals surface area contributed by atoms with Gasteiger partial charge in [-0.15, -0.1) is 0 Å². The van der Waals surface area contributed by atoms with Crippen LogP contribution in [0.5, 0.6) is 0 Å². The van der Waals surface area contributed by atoms with E-state index in [0.717, 1.165) is 11.1 Å². The van der Waals surface area contributed by atoms with E-state index in [-0.39, 0.29) is 11.4 Å². The first-order valence-electron chi connectivity index (χ1n) is 6.02. The van der Waals surface area contributed by atoms with Gasteiger partial charge >= 0.3 is 5.97 Å². The lowest BCUT2D eigenvalue weighted by Gasteiger charge is -2.02. The van der Waals surface area contributed by atoms with Crippen LogP contribution in [-0.2, 0) is 7.05 Å². The van der Waals surface area contributed by atoms with E-state index in [1.807, 2.05) is 11.6 Å². The third-order valence-electron chi connectivity index (χ3n) is 3.23. The molecule has 4 nitrogen and oxygen atoms in total. The molecule has 100 valence electrons. The Hall–Kier alpha value is -2.69. The molecule has 0 fully saturated rings. The maximum absolute atomic E-state index is 13.0. The van der Waals surface area contributed by atoms with Gasteiger partial charge in [-0.05, 0) is 42.5 Å². The summed E-state index contributed by atoms with van der Waals surface area (Å²) in [6, 6.07) is 10.8. The first-order chi connectivity index (χ1) is 9.56. The number of carboxylic acids is 1. The Labute approximate surface area is 114 Å². The van der Waals surface area contributed by atoms with Gasteiger partial charge in [-0.25, -0.2) is 14.2 Å². The van der Waals surface area contributed by atoms with Crippen molar-refractivity contribution in [3.8, 4) is 11.4 Å². The van der Waals surface area contributed by atoms with E-state index >= 15 is 0 Å². The normalized spacial score (nSPS) is 10.9. The maximum atomic E-state index is 13.0. The largest absolute Gasteiger partial charge is 0.478 e. The Kier molecular flexibility index (Phi) is 2.75. The third kappa shape index (κ3) is 1.93. The van der Waals surface area contributed by atoms with Crippen LogP contribution in [0.2, 0.25) is 0 Å². The highest BCUT2D eigenvalue weighted by atomic mass is 19.1. The molecule has 0 atom stereocenters. The first kappa shape index (κ1) is 12.3. The van der Waals surface area contributed by atoms with Crippen LogP contribution in [0.1, 0.15) is 10.4 Å². The molecule has 0 saturated carbocycles.